The van der Waals surface area contributed by atoms with Crippen molar-refractivity contribution in [2.75, 3.05) is 38.4 Å². The molecule has 2 aromatic rings. The first-order chi connectivity index (χ1) is 14.4. The number of fused-ring (bicyclic) bond motifs is 1. The minimum absolute atomic E-state index is 0.00130. The molecule has 0 bridgehead atoms. The molecular formula is C20H20ClN3O5S. The molecule has 0 aromatic heterocycles. The van der Waals surface area contributed by atoms with E-state index in [0.29, 0.717) is 42.8 Å². The third-order valence-electron chi connectivity index (χ3n) is 4.90. The number of benzene rings is 2. The van der Waals surface area contributed by atoms with E-state index in [9.17, 15) is 13.2 Å². The first-order valence-electron chi connectivity index (χ1n) is 9.31. The van der Waals surface area contributed by atoms with Crippen LogP contribution in [0.3, 0.4) is 0 Å². The molecule has 4 rings (SSSR count). The zero-order valence-electron chi connectivity index (χ0n) is 16.2. The molecule has 1 fully saturated rings. The Hall–Kier alpha value is -2.62. The van der Waals surface area contributed by atoms with Gasteiger partial charge in [-0.25, -0.2) is 8.42 Å². The highest BCUT2D eigenvalue weighted by atomic mass is 35.5. The summed E-state index contributed by atoms with van der Waals surface area (Å²) in [5.41, 5.74) is 1.16. The van der Waals surface area contributed by atoms with E-state index in [1.165, 1.54) is 28.1 Å². The van der Waals surface area contributed by atoms with E-state index in [1.54, 1.807) is 7.11 Å². The molecule has 0 radical (unpaired) electrons. The lowest BCUT2D eigenvalue weighted by Gasteiger charge is -2.31. The fourth-order valence-electron chi connectivity index (χ4n) is 3.36. The van der Waals surface area contributed by atoms with Gasteiger partial charge in [0.1, 0.15) is 5.75 Å². The highest BCUT2D eigenvalue weighted by molar-refractivity contribution is 8.08. The van der Waals surface area contributed by atoms with Crippen LogP contribution in [0, 0.1) is 0 Å². The number of carbonyl (C=O) groups excluding carboxylic acids is 1. The average Bonchev–Trinajstić information content (AvgIpc) is 2.76. The molecule has 2 aliphatic heterocycles. The zero-order chi connectivity index (χ0) is 21.3. The predicted molar refractivity (Wildman–Crippen MR) is 113 cm³/mol. The Morgan fingerprint density at radius 2 is 1.97 bits per heavy atom. The number of ether oxygens (including phenoxy) is 2. The summed E-state index contributed by atoms with van der Waals surface area (Å²) in [5.74, 6) is 0.0339. The van der Waals surface area contributed by atoms with Crippen molar-refractivity contribution < 1.29 is 22.7 Å². The Morgan fingerprint density at radius 3 is 2.70 bits per heavy atom. The molecule has 2 aliphatic rings. The fourth-order valence-corrected chi connectivity index (χ4v) is 4.99. The smallest absolute Gasteiger partial charge is 0.286 e. The number of anilines is 1. The van der Waals surface area contributed by atoms with Gasteiger partial charge in [-0.3, -0.25) is 9.80 Å². The minimum atomic E-state index is -4.09. The molecule has 0 aliphatic carbocycles. The third-order valence-corrected chi connectivity index (χ3v) is 6.83. The van der Waals surface area contributed by atoms with Crippen molar-refractivity contribution in [3.05, 3.63) is 53.1 Å². The second kappa shape index (κ2) is 8.25. The fraction of sp³-hybridized carbons (Fsp3) is 0.300. The maximum Gasteiger partial charge on any atom is 0.286 e. The summed E-state index contributed by atoms with van der Waals surface area (Å²) in [6.07, 6.45) is 0. The van der Waals surface area contributed by atoms with Gasteiger partial charge in [0.05, 0.1) is 37.5 Å². The number of hydrogen-bond acceptors (Lipinski definition) is 7. The number of hydrazone groups is 1. The molecule has 30 heavy (non-hydrogen) atoms. The van der Waals surface area contributed by atoms with E-state index in [0.717, 1.165) is 5.56 Å². The molecule has 10 heteroatoms. The summed E-state index contributed by atoms with van der Waals surface area (Å²) >= 11 is 6.13. The highest BCUT2D eigenvalue weighted by Gasteiger charge is 2.39. The van der Waals surface area contributed by atoms with E-state index in [2.05, 4.69) is 5.10 Å². The molecule has 0 N–H and O–H groups in total. The van der Waals surface area contributed by atoms with Crippen molar-refractivity contribution >= 4 is 38.1 Å². The van der Waals surface area contributed by atoms with Gasteiger partial charge in [0.25, 0.3) is 5.91 Å². The summed E-state index contributed by atoms with van der Waals surface area (Å²) in [4.78, 5) is 14.5. The first kappa shape index (κ1) is 20.6. The lowest BCUT2D eigenvalue weighted by molar-refractivity contribution is -0.127. The summed E-state index contributed by atoms with van der Waals surface area (Å²) < 4.78 is 36.9. The van der Waals surface area contributed by atoms with Gasteiger partial charge in [-0.05, 0) is 35.9 Å². The quantitative estimate of drug-likeness (QED) is 0.711. The van der Waals surface area contributed by atoms with E-state index in [4.69, 9.17) is 21.1 Å². The van der Waals surface area contributed by atoms with Crippen molar-refractivity contribution in [2.24, 2.45) is 5.10 Å². The number of rotatable bonds is 4. The van der Waals surface area contributed by atoms with E-state index in [1.807, 2.05) is 24.3 Å². The molecule has 0 spiro atoms. The van der Waals surface area contributed by atoms with E-state index in [-0.39, 0.29) is 11.4 Å². The molecule has 1 amide bonds. The Bertz CT molecular complexity index is 1110. The van der Waals surface area contributed by atoms with Gasteiger partial charge < -0.3 is 14.4 Å². The van der Waals surface area contributed by atoms with Crippen LogP contribution in [0.2, 0.25) is 5.02 Å². The number of hydrogen-bond donors (Lipinski definition) is 0. The maximum absolute atomic E-state index is 13.2. The number of nitrogens with zero attached hydrogens (tertiary/aromatic N) is 3. The van der Waals surface area contributed by atoms with E-state index >= 15 is 0 Å². The molecule has 8 nitrogen and oxygen atoms in total. The van der Waals surface area contributed by atoms with Crippen LogP contribution in [0.25, 0.3) is 0 Å². The topological polar surface area (TPSA) is 88.5 Å². The monoisotopic (exact) mass is 449 g/mol. The lowest BCUT2D eigenvalue weighted by atomic mass is 10.2. The number of halogens is 1. The van der Waals surface area contributed by atoms with Gasteiger partial charge in [0.15, 0.2) is 0 Å². The average molecular weight is 450 g/mol. The summed E-state index contributed by atoms with van der Waals surface area (Å²) in [7, 11) is -2.52. The molecule has 2 aromatic carbocycles. The van der Waals surface area contributed by atoms with Crippen molar-refractivity contribution in [1.82, 2.24) is 4.90 Å². The van der Waals surface area contributed by atoms with Gasteiger partial charge >= 0.3 is 0 Å². The Kier molecular flexibility index (Phi) is 5.68. The SMILES string of the molecule is COc1cccc(CN2N=C(C(=O)N3CCOCC3)S(=O)(=O)c3ccc(Cl)cc32)c1. The summed E-state index contributed by atoms with van der Waals surface area (Å²) in [6.45, 7) is 1.59. The number of morpholine rings is 1. The molecule has 2 heterocycles. The third kappa shape index (κ3) is 3.88. The van der Waals surface area contributed by atoms with Crippen LogP contribution in [-0.2, 0) is 25.9 Å². The number of carbonyl (C=O) groups is 1. The van der Waals surface area contributed by atoms with Crippen LogP contribution in [0.1, 0.15) is 5.56 Å². The van der Waals surface area contributed by atoms with Gasteiger partial charge in [-0.1, -0.05) is 23.7 Å². The van der Waals surface area contributed by atoms with Crippen LogP contribution in [0.15, 0.2) is 52.5 Å². The Morgan fingerprint density at radius 1 is 1.20 bits per heavy atom. The van der Waals surface area contributed by atoms with Gasteiger partial charge in [0.2, 0.25) is 14.9 Å². The number of methoxy groups -OCH3 is 1. The number of sulfone groups is 1. The molecule has 0 unspecified atom stereocenters. The molecule has 1 saturated heterocycles. The highest BCUT2D eigenvalue weighted by Crippen LogP contribution is 2.35. The molecule has 158 valence electrons. The van der Waals surface area contributed by atoms with Crippen LogP contribution in [0.4, 0.5) is 5.69 Å². The minimum Gasteiger partial charge on any atom is -0.497 e. The van der Waals surface area contributed by atoms with Gasteiger partial charge in [0, 0.05) is 18.1 Å². The van der Waals surface area contributed by atoms with Gasteiger partial charge in [-0.15, -0.1) is 0 Å². The molecule has 0 atom stereocenters. The Labute approximate surface area is 179 Å². The molecular weight excluding hydrogens is 430 g/mol. The standard InChI is InChI=1S/C20H20ClN3O5S/c1-28-16-4-2-3-14(11-16)13-24-17-12-15(21)5-6-18(17)30(26,27)19(22-24)20(25)23-7-9-29-10-8-23/h2-6,11-12H,7-10,13H2,1H3. The predicted octanol–water partition coefficient (Wildman–Crippen LogP) is 2.31. The van der Waals surface area contributed by atoms with Crippen LogP contribution in [-0.4, -0.2) is 57.7 Å². The second-order valence-electron chi connectivity index (χ2n) is 6.83. The van der Waals surface area contributed by atoms with E-state index < -0.39 is 20.8 Å². The Balaban J connectivity index is 1.77. The zero-order valence-corrected chi connectivity index (χ0v) is 17.8. The van der Waals surface area contributed by atoms with Crippen molar-refractivity contribution in [3.63, 3.8) is 0 Å². The van der Waals surface area contributed by atoms with Gasteiger partial charge in [-0.2, -0.15) is 5.10 Å². The lowest BCUT2D eigenvalue weighted by Crippen LogP contribution is -2.47. The van der Waals surface area contributed by atoms with Crippen molar-refractivity contribution in [1.29, 1.82) is 0 Å². The summed E-state index contributed by atoms with van der Waals surface area (Å²) in [6, 6.07) is 11.8. The first-order valence-corrected chi connectivity index (χ1v) is 11.2. The normalized spacial score (nSPS) is 17.9. The van der Waals surface area contributed by atoms with Crippen LogP contribution in [0.5, 0.6) is 5.75 Å². The number of amides is 1. The van der Waals surface area contributed by atoms with Crippen LogP contribution >= 0.6 is 11.6 Å². The van der Waals surface area contributed by atoms with Crippen molar-refractivity contribution in [3.8, 4) is 5.75 Å². The van der Waals surface area contributed by atoms with Crippen molar-refractivity contribution in [2.45, 2.75) is 11.4 Å². The largest absolute Gasteiger partial charge is 0.497 e. The molecule has 0 saturated carbocycles. The second-order valence-corrected chi connectivity index (χ2v) is 9.10. The maximum atomic E-state index is 13.2. The summed E-state index contributed by atoms with van der Waals surface area (Å²) in [5, 5.41) is 5.64. The van der Waals surface area contributed by atoms with Crippen LogP contribution < -0.4 is 9.75 Å².